The van der Waals surface area contributed by atoms with E-state index in [1.807, 2.05) is 43.3 Å². The third-order valence-electron chi connectivity index (χ3n) is 2.94. The molecule has 2 rings (SSSR count). The minimum atomic E-state index is 0.615. The van der Waals surface area contributed by atoms with Gasteiger partial charge in [-0.2, -0.15) is 0 Å². The third-order valence-corrected chi connectivity index (χ3v) is 4.12. The van der Waals surface area contributed by atoms with E-state index >= 15 is 0 Å². The summed E-state index contributed by atoms with van der Waals surface area (Å²) in [5.74, 6) is 1.52. The van der Waals surface area contributed by atoms with Gasteiger partial charge in [-0.25, -0.2) is 0 Å². The average Bonchev–Trinajstić information content (AvgIpc) is 2.49. The van der Waals surface area contributed by atoms with E-state index in [4.69, 9.17) is 9.47 Å². The molecule has 0 aliphatic rings. The van der Waals surface area contributed by atoms with Crippen molar-refractivity contribution in [2.24, 2.45) is 0 Å². The minimum Gasteiger partial charge on any atom is -0.493 e. The van der Waals surface area contributed by atoms with Gasteiger partial charge in [0.05, 0.1) is 13.7 Å². The highest BCUT2D eigenvalue weighted by Crippen LogP contribution is 2.30. The Kier molecular flexibility index (Phi) is 5.94. The number of benzene rings is 2. The minimum absolute atomic E-state index is 0.615. The van der Waals surface area contributed by atoms with Crippen LogP contribution in [0.1, 0.15) is 12.5 Å². The number of nitrogens with one attached hydrogen (secondary N) is 1. The van der Waals surface area contributed by atoms with Crippen LogP contribution in [0.2, 0.25) is 0 Å². The van der Waals surface area contributed by atoms with E-state index in [0.717, 1.165) is 31.7 Å². The zero-order chi connectivity index (χ0) is 15.2. The smallest absolute Gasteiger partial charge is 0.161 e. The fraction of sp³-hybridized carbons (Fsp3) is 0.250. The molecule has 0 fully saturated rings. The highest BCUT2D eigenvalue weighted by molar-refractivity contribution is 9.11. The molecule has 0 atom stereocenters. The predicted molar refractivity (Wildman–Crippen MR) is 93.3 cm³/mol. The molecule has 0 unspecified atom stereocenters. The summed E-state index contributed by atoms with van der Waals surface area (Å²) in [6.07, 6.45) is 0. The maximum Gasteiger partial charge on any atom is 0.161 e. The number of rotatable bonds is 6. The van der Waals surface area contributed by atoms with Gasteiger partial charge in [0.15, 0.2) is 11.5 Å². The standard InChI is InChI=1S/C16H17Br2NO2/c1-3-21-16-8-11(4-7-15(16)20-2)10-19-14-9-12(17)5-6-13(14)18/h4-9,19H,3,10H2,1-2H3. The summed E-state index contributed by atoms with van der Waals surface area (Å²) in [5.41, 5.74) is 2.17. The highest BCUT2D eigenvalue weighted by Gasteiger charge is 2.06. The first kappa shape index (κ1) is 16.2. The Balaban J connectivity index is 2.12. The van der Waals surface area contributed by atoms with E-state index in [1.54, 1.807) is 7.11 Å². The molecule has 2 aromatic carbocycles. The molecule has 0 saturated heterocycles. The molecule has 21 heavy (non-hydrogen) atoms. The van der Waals surface area contributed by atoms with E-state index in [1.165, 1.54) is 0 Å². The summed E-state index contributed by atoms with van der Waals surface area (Å²) >= 11 is 7.01. The number of methoxy groups -OCH3 is 1. The van der Waals surface area contributed by atoms with Crippen molar-refractivity contribution in [3.8, 4) is 11.5 Å². The van der Waals surface area contributed by atoms with Crippen molar-refractivity contribution in [1.82, 2.24) is 0 Å². The quantitative estimate of drug-likeness (QED) is 0.701. The lowest BCUT2D eigenvalue weighted by Gasteiger charge is -2.13. The van der Waals surface area contributed by atoms with Crippen molar-refractivity contribution >= 4 is 37.5 Å². The Morgan fingerprint density at radius 1 is 1.05 bits per heavy atom. The molecule has 0 heterocycles. The molecule has 0 saturated carbocycles. The predicted octanol–water partition coefficient (Wildman–Crippen LogP) is 5.23. The lowest BCUT2D eigenvalue weighted by Crippen LogP contribution is -2.02. The first-order chi connectivity index (χ1) is 10.1. The van der Waals surface area contributed by atoms with Crippen LogP contribution in [-0.2, 0) is 6.54 Å². The van der Waals surface area contributed by atoms with Gasteiger partial charge in [-0.05, 0) is 58.7 Å². The summed E-state index contributed by atoms with van der Waals surface area (Å²) in [5, 5.41) is 3.40. The number of hydrogen-bond donors (Lipinski definition) is 1. The second kappa shape index (κ2) is 7.71. The molecule has 0 amide bonds. The largest absolute Gasteiger partial charge is 0.493 e. The molecule has 3 nitrogen and oxygen atoms in total. The summed E-state index contributed by atoms with van der Waals surface area (Å²) < 4.78 is 13.0. The van der Waals surface area contributed by atoms with Crippen LogP contribution in [0.4, 0.5) is 5.69 Å². The van der Waals surface area contributed by atoms with Gasteiger partial charge in [0.2, 0.25) is 0 Å². The summed E-state index contributed by atoms with van der Waals surface area (Å²) in [6, 6.07) is 12.0. The zero-order valence-electron chi connectivity index (χ0n) is 12.0. The Hall–Kier alpha value is -1.20. The Bertz CT molecular complexity index is 617. The van der Waals surface area contributed by atoms with Crippen molar-refractivity contribution < 1.29 is 9.47 Å². The van der Waals surface area contributed by atoms with E-state index < -0.39 is 0 Å². The molecule has 1 N–H and O–H groups in total. The van der Waals surface area contributed by atoms with Gasteiger partial charge in [0, 0.05) is 21.2 Å². The zero-order valence-corrected chi connectivity index (χ0v) is 15.1. The molecule has 2 aromatic rings. The number of hydrogen-bond acceptors (Lipinski definition) is 3. The van der Waals surface area contributed by atoms with Crippen molar-refractivity contribution in [2.75, 3.05) is 19.0 Å². The van der Waals surface area contributed by atoms with Crippen molar-refractivity contribution in [2.45, 2.75) is 13.5 Å². The lowest BCUT2D eigenvalue weighted by atomic mass is 10.2. The van der Waals surface area contributed by atoms with Gasteiger partial charge < -0.3 is 14.8 Å². The summed E-state index contributed by atoms with van der Waals surface area (Å²) in [7, 11) is 1.65. The highest BCUT2D eigenvalue weighted by atomic mass is 79.9. The number of halogens is 2. The first-order valence-corrected chi connectivity index (χ1v) is 8.21. The molecular formula is C16H17Br2NO2. The van der Waals surface area contributed by atoms with Crippen LogP contribution in [0.5, 0.6) is 11.5 Å². The van der Waals surface area contributed by atoms with Crippen LogP contribution < -0.4 is 14.8 Å². The molecule has 0 spiro atoms. The summed E-state index contributed by atoms with van der Waals surface area (Å²) in [4.78, 5) is 0. The second-order valence-corrected chi connectivity index (χ2v) is 6.17. The van der Waals surface area contributed by atoms with E-state index in [0.29, 0.717) is 13.2 Å². The van der Waals surface area contributed by atoms with E-state index in [2.05, 4.69) is 37.2 Å². The van der Waals surface area contributed by atoms with Crippen LogP contribution >= 0.6 is 31.9 Å². The maximum atomic E-state index is 5.59. The van der Waals surface area contributed by atoms with Gasteiger partial charge in [-0.1, -0.05) is 22.0 Å². The third kappa shape index (κ3) is 4.38. The fourth-order valence-corrected chi connectivity index (χ4v) is 2.68. The normalized spacial score (nSPS) is 10.3. The SMILES string of the molecule is CCOc1cc(CNc2cc(Br)ccc2Br)ccc1OC. The lowest BCUT2D eigenvalue weighted by molar-refractivity contribution is 0.310. The van der Waals surface area contributed by atoms with Gasteiger partial charge in [0.25, 0.3) is 0 Å². The van der Waals surface area contributed by atoms with Crippen molar-refractivity contribution in [1.29, 1.82) is 0 Å². The van der Waals surface area contributed by atoms with E-state index in [9.17, 15) is 0 Å². The van der Waals surface area contributed by atoms with Crippen LogP contribution in [0.15, 0.2) is 45.3 Å². The van der Waals surface area contributed by atoms with Gasteiger partial charge in [-0.3, -0.25) is 0 Å². The Morgan fingerprint density at radius 2 is 1.86 bits per heavy atom. The summed E-state index contributed by atoms with van der Waals surface area (Å²) in [6.45, 7) is 3.28. The van der Waals surface area contributed by atoms with E-state index in [-0.39, 0.29) is 0 Å². The molecule has 0 aliphatic carbocycles. The van der Waals surface area contributed by atoms with Gasteiger partial charge in [-0.15, -0.1) is 0 Å². The van der Waals surface area contributed by atoms with Crippen LogP contribution in [0.3, 0.4) is 0 Å². The topological polar surface area (TPSA) is 30.5 Å². The number of ether oxygens (including phenoxy) is 2. The molecule has 5 heteroatoms. The van der Waals surface area contributed by atoms with Gasteiger partial charge in [0.1, 0.15) is 0 Å². The van der Waals surface area contributed by atoms with Crippen molar-refractivity contribution in [3.63, 3.8) is 0 Å². The molecule has 0 radical (unpaired) electrons. The molecule has 0 aromatic heterocycles. The molecule has 0 bridgehead atoms. The van der Waals surface area contributed by atoms with Crippen LogP contribution in [0, 0.1) is 0 Å². The average molecular weight is 415 g/mol. The van der Waals surface area contributed by atoms with Gasteiger partial charge >= 0.3 is 0 Å². The number of anilines is 1. The molecular weight excluding hydrogens is 398 g/mol. The van der Waals surface area contributed by atoms with Crippen LogP contribution in [-0.4, -0.2) is 13.7 Å². The fourth-order valence-electron chi connectivity index (χ4n) is 1.93. The molecule has 0 aliphatic heterocycles. The Labute approximate surface area is 141 Å². The monoisotopic (exact) mass is 413 g/mol. The Morgan fingerprint density at radius 3 is 2.57 bits per heavy atom. The molecule has 112 valence electrons. The maximum absolute atomic E-state index is 5.59. The van der Waals surface area contributed by atoms with Crippen LogP contribution in [0.25, 0.3) is 0 Å². The second-order valence-electron chi connectivity index (χ2n) is 4.40. The first-order valence-electron chi connectivity index (χ1n) is 6.62. The van der Waals surface area contributed by atoms with Crippen molar-refractivity contribution in [3.05, 3.63) is 50.9 Å².